The van der Waals surface area contributed by atoms with E-state index in [9.17, 15) is 14.7 Å². The fourth-order valence-corrected chi connectivity index (χ4v) is 2.93. The molecule has 6 heteroatoms. The third kappa shape index (κ3) is 2.64. The number of carbonyl (C=O) groups is 2. The lowest BCUT2D eigenvalue weighted by Gasteiger charge is -2.29. The summed E-state index contributed by atoms with van der Waals surface area (Å²) in [5.41, 5.74) is 6.21. The van der Waals surface area contributed by atoms with Crippen molar-refractivity contribution in [2.75, 3.05) is 4.90 Å². The summed E-state index contributed by atoms with van der Waals surface area (Å²) in [5, 5.41) is 9.94. The van der Waals surface area contributed by atoms with Crippen LogP contribution >= 0.6 is 11.6 Å². The minimum atomic E-state index is -1.28. The Kier molecular flexibility index (Phi) is 3.74. The maximum Gasteiger partial charge on any atom is 0.330 e. The number of nitrogens with two attached hydrogens (primary N) is 1. The Hall–Kier alpha value is -2.53. The smallest absolute Gasteiger partial charge is 0.330 e. The maximum atomic E-state index is 12.0. The van der Waals surface area contributed by atoms with Crippen molar-refractivity contribution < 1.29 is 14.7 Å². The van der Waals surface area contributed by atoms with Crippen LogP contribution in [-0.4, -0.2) is 22.6 Å². The lowest BCUT2D eigenvalue weighted by atomic mass is 10.0. The molecule has 0 aromatic heterocycles. The molecule has 1 aliphatic rings. The number of hydrogen-bond acceptors (Lipinski definition) is 2. The minimum Gasteiger partial charge on any atom is -0.479 e. The highest BCUT2D eigenvalue weighted by Crippen LogP contribution is 2.47. The van der Waals surface area contributed by atoms with E-state index in [1.165, 1.54) is 0 Å². The van der Waals surface area contributed by atoms with E-state index in [1.807, 2.05) is 30.3 Å². The van der Waals surface area contributed by atoms with Gasteiger partial charge in [0.2, 0.25) is 0 Å². The number of urea groups is 1. The van der Waals surface area contributed by atoms with Crippen LogP contribution in [0.5, 0.6) is 0 Å². The molecule has 0 atom stereocenters. The fourth-order valence-electron chi connectivity index (χ4n) is 2.76. The molecule has 0 bridgehead atoms. The number of halogens is 1. The Morgan fingerprint density at radius 3 is 2.30 bits per heavy atom. The van der Waals surface area contributed by atoms with E-state index in [2.05, 4.69) is 0 Å². The first-order chi connectivity index (χ1) is 11.0. The average molecular weight is 331 g/mol. The number of primary amides is 1. The highest BCUT2D eigenvalue weighted by molar-refractivity contribution is 6.31. The SMILES string of the molecule is NC(=O)N(c1cc(Cl)ccc1-c1ccccc1)C1(C(=O)O)CC1. The second-order valence-corrected chi connectivity index (χ2v) is 5.97. The van der Waals surface area contributed by atoms with Gasteiger partial charge in [0.25, 0.3) is 0 Å². The number of nitrogens with zero attached hydrogens (tertiary/aromatic N) is 1. The first kappa shape index (κ1) is 15.4. The zero-order valence-corrected chi connectivity index (χ0v) is 13.0. The van der Waals surface area contributed by atoms with E-state index in [-0.39, 0.29) is 0 Å². The van der Waals surface area contributed by atoms with Crippen LogP contribution in [0.2, 0.25) is 5.02 Å². The van der Waals surface area contributed by atoms with Crippen molar-refractivity contribution >= 4 is 29.3 Å². The molecule has 118 valence electrons. The van der Waals surface area contributed by atoms with Crippen molar-refractivity contribution in [1.82, 2.24) is 0 Å². The molecule has 0 spiro atoms. The molecule has 3 rings (SSSR count). The number of carboxylic acids is 1. The molecule has 1 saturated carbocycles. The van der Waals surface area contributed by atoms with E-state index in [0.29, 0.717) is 29.1 Å². The molecule has 0 saturated heterocycles. The summed E-state index contributed by atoms with van der Waals surface area (Å²) in [7, 11) is 0. The second-order valence-electron chi connectivity index (χ2n) is 5.54. The number of benzene rings is 2. The van der Waals surface area contributed by atoms with Crippen LogP contribution in [-0.2, 0) is 4.79 Å². The summed E-state index contributed by atoms with van der Waals surface area (Å²) in [4.78, 5) is 24.8. The van der Waals surface area contributed by atoms with Gasteiger partial charge in [0.05, 0.1) is 5.69 Å². The number of anilines is 1. The third-order valence-electron chi connectivity index (χ3n) is 4.06. The summed E-state index contributed by atoms with van der Waals surface area (Å²) < 4.78 is 0. The maximum absolute atomic E-state index is 12.0. The number of rotatable bonds is 4. The van der Waals surface area contributed by atoms with Crippen LogP contribution in [0.25, 0.3) is 11.1 Å². The Labute approximate surface area is 138 Å². The lowest BCUT2D eigenvalue weighted by molar-refractivity contribution is -0.139. The zero-order valence-electron chi connectivity index (χ0n) is 12.2. The molecule has 2 amide bonds. The Balaban J connectivity index is 2.19. The van der Waals surface area contributed by atoms with Crippen molar-refractivity contribution in [2.45, 2.75) is 18.4 Å². The van der Waals surface area contributed by atoms with E-state index in [1.54, 1.807) is 18.2 Å². The first-order valence-corrected chi connectivity index (χ1v) is 7.51. The molecule has 3 N–H and O–H groups in total. The largest absolute Gasteiger partial charge is 0.479 e. The van der Waals surface area contributed by atoms with Crippen molar-refractivity contribution in [3.8, 4) is 11.1 Å². The van der Waals surface area contributed by atoms with Crippen LogP contribution in [0.4, 0.5) is 10.5 Å². The highest BCUT2D eigenvalue weighted by atomic mass is 35.5. The molecule has 0 heterocycles. The molecule has 1 fully saturated rings. The molecule has 5 nitrogen and oxygen atoms in total. The van der Waals surface area contributed by atoms with E-state index < -0.39 is 17.5 Å². The predicted molar refractivity (Wildman–Crippen MR) is 88.6 cm³/mol. The number of carbonyl (C=O) groups excluding carboxylic acids is 1. The molecule has 0 aliphatic heterocycles. The van der Waals surface area contributed by atoms with Gasteiger partial charge in [-0.1, -0.05) is 48.0 Å². The summed E-state index contributed by atoms with van der Waals surface area (Å²) in [6.45, 7) is 0. The van der Waals surface area contributed by atoms with Crippen LogP contribution < -0.4 is 10.6 Å². The Morgan fingerprint density at radius 1 is 1.13 bits per heavy atom. The molecular formula is C17H15ClN2O3. The van der Waals surface area contributed by atoms with E-state index >= 15 is 0 Å². The molecule has 1 aliphatic carbocycles. The van der Waals surface area contributed by atoms with Gasteiger partial charge >= 0.3 is 12.0 Å². The van der Waals surface area contributed by atoms with Crippen LogP contribution in [0.3, 0.4) is 0 Å². The normalized spacial score (nSPS) is 15.0. The molecule has 0 radical (unpaired) electrons. The molecular weight excluding hydrogens is 316 g/mol. The van der Waals surface area contributed by atoms with Gasteiger partial charge in [0, 0.05) is 10.6 Å². The molecule has 2 aromatic carbocycles. The van der Waals surface area contributed by atoms with Gasteiger partial charge in [-0.2, -0.15) is 0 Å². The first-order valence-electron chi connectivity index (χ1n) is 7.14. The van der Waals surface area contributed by atoms with Crippen LogP contribution in [0.15, 0.2) is 48.5 Å². The number of carboxylic acid groups (broad SMARTS) is 1. The number of hydrogen-bond donors (Lipinski definition) is 2. The lowest BCUT2D eigenvalue weighted by Crippen LogP contribution is -2.50. The second kappa shape index (κ2) is 5.59. The standard InChI is InChI=1S/C17H15ClN2O3/c18-12-6-7-13(11-4-2-1-3-5-11)14(10-12)20(16(19)23)17(8-9-17)15(21)22/h1-7,10H,8-9H2,(H2,19,23)(H,21,22). The van der Waals surface area contributed by atoms with E-state index in [4.69, 9.17) is 17.3 Å². The highest BCUT2D eigenvalue weighted by Gasteiger charge is 2.57. The van der Waals surface area contributed by atoms with Gasteiger partial charge < -0.3 is 10.8 Å². The van der Waals surface area contributed by atoms with Gasteiger partial charge in [0.1, 0.15) is 5.54 Å². The van der Waals surface area contributed by atoms with Crippen molar-refractivity contribution in [2.24, 2.45) is 5.73 Å². The molecule has 2 aromatic rings. The predicted octanol–water partition coefficient (Wildman–Crippen LogP) is 3.51. The quantitative estimate of drug-likeness (QED) is 0.899. The van der Waals surface area contributed by atoms with E-state index in [0.717, 1.165) is 10.5 Å². The summed E-state index contributed by atoms with van der Waals surface area (Å²) >= 11 is 6.08. The molecule has 0 unspecified atom stereocenters. The van der Waals surface area contributed by atoms with Gasteiger partial charge in [-0.05, 0) is 30.5 Å². The topological polar surface area (TPSA) is 83.6 Å². The Bertz CT molecular complexity index is 773. The average Bonchev–Trinajstić information content (AvgIpc) is 3.30. The Morgan fingerprint density at radius 2 is 1.78 bits per heavy atom. The van der Waals surface area contributed by atoms with Crippen molar-refractivity contribution in [3.63, 3.8) is 0 Å². The zero-order chi connectivity index (χ0) is 16.6. The third-order valence-corrected chi connectivity index (χ3v) is 4.29. The van der Waals surface area contributed by atoms with Gasteiger partial charge in [-0.3, -0.25) is 4.90 Å². The fraction of sp³-hybridized carbons (Fsp3) is 0.176. The van der Waals surface area contributed by atoms with Crippen LogP contribution in [0.1, 0.15) is 12.8 Å². The van der Waals surface area contributed by atoms with Gasteiger partial charge in [0.15, 0.2) is 0 Å². The number of amides is 2. The van der Waals surface area contributed by atoms with Gasteiger partial charge in [-0.15, -0.1) is 0 Å². The van der Waals surface area contributed by atoms with Crippen molar-refractivity contribution in [3.05, 3.63) is 53.6 Å². The number of aliphatic carboxylic acids is 1. The summed E-state index contributed by atoms with van der Waals surface area (Å²) in [6, 6.07) is 13.6. The van der Waals surface area contributed by atoms with Crippen LogP contribution in [0, 0.1) is 0 Å². The summed E-state index contributed by atoms with van der Waals surface area (Å²) in [5.74, 6) is -1.06. The summed E-state index contributed by atoms with van der Waals surface area (Å²) in [6.07, 6.45) is 0.734. The monoisotopic (exact) mass is 330 g/mol. The van der Waals surface area contributed by atoms with Gasteiger partial charge in [-0.25, -0.2) is 9.59 Å². The molecule has 23 heavy (non-hydrogen) atoms. The van der Waals surface area contributed by atoms with Crippen molar-refractivity contribution in [1.29, 1.82) is 0 Å². The minimum absolute atomic E-state index is 0.367.